The number of sulfonamides is 1. The summed E-state index contributed by atoms with van der Waals surface area (Å²) in [6.07, 6.45) is 0.701. The van der Waals surface area contributed by atoms with E-state index in [1.807, 2.05) is 24.3 Å². The number of rotatable bonds is 3. The Balaban J connectivity index is 1.72. The number of benzene rings is 2. The standard InChI is InChI=1S/C19H19N3O4S/c1-26-18-7-6-12(27(20,24)25)10-14(18)19(23)22-9-8-17-15(11-22)13-4-2-3-5-16(13)21-17/h2-7,10,21H,8-9,11H2,1H3,(H2,20,24,25). The van der Waals surface area contributed by atoms with Crippen molar-refractivity contribution in [3.8, 4) is 5.75 Å². The van der Waals surface area contributed by atoms with Gasteiger partial charge in [0, 0.05) is 41.7 Å². The largest absolute Gasteiger partial charge is 0.496 e. The van der Waals surface area contributed by atoms with Gasteiger partial charge in [-0.15, -0.1) is 0 Å². The van der Waals surface area contributed by atoms with Crippen molar-refractivity contribution < 1.29 is 17.9 Å². The van der Waals surface area contributed by atoms with Crippen LogP contribution in [0.5, 0.6) is 5.75 Å². The number of carbonyl (C=O) groups excluding carboxylic acids is 1. The van der Waals surface area contributed by atoms with E-state index in [1.54, 1.807) is 4.90 Å². The zero-order valence-corrected chi connectivity index (χ0v) is 15.5. The number of primary sulfonamides is 1. The molecule has 1 aliphatic heterocycles. The van der Waals surface area contributed by atoms with Gasteiger partial charge in [0.05, 0.1) is 17.6 Å². The maximum Gasteiger partial charge on any atom is 0.257 e. The van der Waals surface area contributed by atoms with Gasteiger partial charge in [-0.3, -0.25) is 4.79 Å². The monoisotopic (exact) mass is 385 g/mol. The minimum absolute atomic E-state index is 0.114. The fraction of sp³-hybridized carbons (Fsp3) is 0.211. The number of methoxy groups -OCH3 is 1. The summed E-state index contributed by atoms with van der Waals surface area (Å²) >= 11 is 0. The van der Waals surface area contributed by atoms with Crippen molar-refractivity contribution in [1.82, 2.24) is 9.88 Å². The SMILES string of the molecule is COc1ccc(S(N)(=O)=O)cc1C(=O)N1CCc2[nH]c3ccccc3c2C1. The van der Waals surface area contributed by atoms with Crippen molar-refractivity contribution in [1.29, 1.82) is 0 Å². The Hall–Kier alpha value is -2.84. The minimum atomic E-state index is -3.91. The number of H-pyrrole nitrogens is 1. The van der Waals surface area contributed by atoms with E-state index < -0.39 is 10.0 Å². The van der Waals surface area contributed by atoms with Crippen LogP contribution in [0.25, 0.3) is 10.9 Å². The van der Waals surface area contributed by atoms with Gasteiger partial charge in [0.15, 0.2) is 0 Å². The van der Waals surface area contributed by atoms with Crippen LogP contribution in [-0.2, 0) is 23.0 Å². The van der Waals surface area contributed by atoms with E-state index in [0.717, 1.165) is 22.2 Å². The third kappa shape index (κ3) is 3.07. The number of hydrogen-bond acceptors (Lipinski definition) is 4. The summed E-state index contributed by atoms with van der Waals surface area (Å²) in [6.45, 7) is 0.975. The van der Waals surface area contributed by atoms with Crippen molar-refractivity contribution in [2.24, 2.45) is 5.14 Å². The Morgan fingerprint density at radius 3 is 2.74 bits per heavy atom. The van der Waals surface area contributed by atoms with E-state index in [9.17, 15) is 13.2 Å². The maximum absolute atomic E-state index is 13.1. The summed E-state index contributed by atoms with van der Waals surface area (Å²) in [4.78, 5) is 18.1. The second kappa shape index (κ2) is 6.40. The molecule has 8 heteroatoms. The van der Waals surface area contributed by atoms with Gasteiger partial charge in [-0.2, -0.15) is 0 Å². The molecule has 0 aliphatic carbocycles. The van der Waals surface area contributed by atoms with Gasteiger partial charge >= 0.3 is 0 Å². The number of carbonyl (C=O) groups is 1. The van der Waals surface area contributed by atoms with Gasteiger partial charge < -0.3 is 14.6 Å². The number of ether oxygens (including phenoxy) is 1. The molecule has 0 radical (unpaired) electrons. The van der Waals surface area contributed by atoms with E-state index in [0.29, 0.717) is 25.3 Å². The number of para-hydroxylation sites is 1. The van der Waals surface area contributed by atoms with E-state index >= 15 is 0 Å². The molecule has 0 atom stereocenters. The molecular weight excluding hydrogens is 366 g/mol. The summed E-state index contributed by atoms with van der Waals surface area (Å²) in [6, 6.07) is 12.0. The highest BCUT2D eigenvalue weighted by Gasteiger charge is 2.27. The summed E-state index contributed by atoms with van der Waals surface area (Å²) in [7, 11) is -2.47. The van der Waals surface area contributed by atoms with Gasteiger partial charge in [-0.1, -0.05) is 18.2 Å². The number of hydrogen-bond donors (Lipinski definition) is 2. The second-order valence-electron chi connectivity index (χ2n) is 6.51. The van der Waals surface area contributed by atoms with E-state index in [2.05, 4.69) is 4.98 Å². The molecule has 0 saturated carbocycles. The molecule has 0 spiro atoms. The molecule has 2 aromatic carbocycles. The van der Waals surface area contributed by atoms with Crippen LogP contribution in [0.4, 0.5) is 0 Å². The van der Waals surface area contributed by atoms with Crippen molar-refractivity contribution >= 4 is 26.8 Å². The maximum atomic E-state index is 13.1. The molecule has 4 rings (SSSR count). The number of amides is 1. The Labute approximate surface area is 156 Å². The molecule has 27 heavy (non-hydrogen) atoms. The third-order valence-corrected chi connectivity index (χ3v) is 5.81. The van der Waals surface area contributed by atoms with Crippen LogP contribution in [0.3, 0.4) is 0 Å². The highest BCUT2D eigenvalue weighted by Crippen LogP contribution is 2.30. The second-order valence-corrected chi connectivity index (χ2v) is 8.07. The molecule has 0 bridgehead atoms. The first-order valence-electron chi connectivity index (χ1n) is 8.47. The first-order chi connectivity index (χ1) is 12.9. The fourth-order valence-electron chi connectivity index (χ4n) is 3.54. The molecule has 1 aromatic heterocycles. The first kappa shape index (κ1) is 17.6. The number of nitrogens with two attached hydrogens (primary N) is 1. The highest BCUT2D eigenvalue weighted by molar-refractivity contribution is 7.89. The van der Waals surface area contributed by atoms with Crippen LogP contribution in [0.1, 0.15) is 21.6 Å². The predicted molar refractivity (Wildman–Crippen MR) is 101 cm³/mol. The lowest BCUT2D eigenvalue weighted by atomic mass is 10.0. The van der Waals surface area contributed by atoms with Gasteiger partial charge in [-0.25, -0.2) is 13.6 Å². The fourth-order valence-corrected chi connectivity index (χ4v) is 4.08. The number of aromatic nitrogens is 1. The molecule has 3 aromatic rings. The highest BCUT2D eigenvalue weighted by atomic mass is 32.2. The lowest BCUT2D eigenvalue weighted by Gasteiger charge is -2.28. The van der Waals surface area contributed by atoms with E-state index in [4.69, 9.17) is 9.88 Å². The third-order valence-electron chi connectivity index (χ3n) is 4.90. The average Bonchev–Trinajstić information content (AvgIpc) is 3.04. The topological polar surface area (TPSA) is 105 Å². The summed E-state index contributed by atoms with van der Waals surface area (Å²) < 4.78 is 28.6. The van der Waals surface area contributed by atoms with Gasteiger partial charge in [0.2, 0.25) is 10.0 Å². The number of fused-ring (bicyclic) bond motifs is 3. The molecule has 7 nitrogen and oxygen atoms in total. The molecule has 140 valence electrons. The van der Waals surface area contributed by atoms with Crippen LogP contribution >= 0.6 is 0 Å². The summed E-state index contributed by atoms with van der Waals surface area (Å²) in [5.41, 5.74) is 3.45. The molecule has 2 heterocycles. The van der Waals surface area contributed by atoms with Gasteiger partial charge in [0.25, 0.3) is 5.91 Å². The number of nitrogens with zero attached hydrogens (tertiary/aromatic N) is 1. The normalized spacial score (nSPS) is 14.2. The Morgan fingerprint density at radius 2 is 2.00 bits per heavy atom. The molecular formula is C19H19N3O4S. The van der Waals surface area contributed by atoms with Crippen LogP contribution in [0.2, 0.25) is 0 Å². The van der Waals surface area contributed by atoms with Crippen LogP contribution < -0.4 is 9.88 Å². The molecule has 0 fully saturated rings. The van der Waals surface area contributed by atoms with Crippen LogP contribution in [0.15, 0.2) is 47.4 Å². The van der Waals surface area contributed by atoms with Gasteiger partial charge in [-0.05, 0) is 24.3 Å². The lowest BCUT2D eigenvalue weighted by molar-refractivity contribution is 0.0731. The average molecular weight is 385 g/mol. The zero-order chi connectivity index (χ0) is 19.2. The Bertz CT molecular complexity index is 1150. The van der Waals surface area contributed by atoms with Crippen LogP contribution in [0, 0.1) is 0 Å². The summed E-state index contributed by atoms with van der Waals surface area (Å²) in [5.74, 6) is 0.0328. The summed E-state index contributed by atoms with van der Waals surface area (Å²) in [5, 5.41) is 6.30. The van der Waals surface area contributed by atoms with Crippen molar-refractivity contribution in [3.63, 3.8) is 0 Å². The molecule has 0 saturated heterocycles. The predicted octanol–water partition coefficient (Wildman–Crippen LogP) is 2.02. The molecule has 1 amide bonds. The Kier molecular flexibility index (Phi) is 4.16. The molecule has 0 unspecified atom stereocenters. The zero-order valence-electron chi connectivity index (χ0n) is 14.7. The van der Waals surface area contributed by atoms with Crippen molar-refractivity contribution in [2.75, 3.05) is 13.7 Å². The lowest BCUT2D eigenvalue weighted by Crippen LogP contribution is -2.36. The first-order valence-corrected chi connectivity index (χ1v) is 10.0. The molecule has 1 aliphatic rings. The Morgan fingerprint density at radius 1 is 1.22 bits per heavy atom. The van der Waals surface area contributed by atoms with Crippen molar-refractivity contribution in [2.45, 2.75) is 17.9 Å². The van der Waals surface area contributed by atoms with Gasteiger partial charge in [0.1, 0.15) is 5.75 Å². The van der Waals surface area contributed by atoms with Crippen LogP contribution in [-0.4, -0.2) is 37.9 Å². The minimum Gasteiger partial charge on any atom is -0.496 e. The quantitative estimate of drug-likeness (QED) is 0.719. The number of aromatic amines is 1. The van der Waals surface area contributed by atoms with E-state index in [1.165, 1.54) is 25.3 Å². The smallest absolute Gasteiger partial charge is 0.257 e. The van der Waals surface area contributed by atoms with Crippen molar-refractivity contribution in [3.05, 3.63) is 59.3 Å². The van der Waals surface area contributed by atoms with E-state index in [-0.39, 0.29) is 16.4 Å². The number of nitrogens with one attached hydrogen (secondary N) is 1. The molecule has 3 N–H and O–H groups in total.